The van der Waals surface area contributed by atoms with Crippen molar-refractivity contribution in [3.63, 3.8) is 0 Å². The Labute approximate surface area is 195 Å². The molecule has 4 rings (SSSR count). The van der Waals surface area contributed by atoms with Gasteiger partial charge in [0.25, 0.3) is 5.91 Å². The molecule has 2 aromatic carbocycles. The molecule has 0 aromatic heterocycles. The minimum Gasteiger partial charge on any atom is -0.495 e. The number of para-hydroxylation sites is 2. The summed E-state index contributed by atoms with van der Waals surface area (Å²) in [5, 5.41) is 0. The van der Waals surface area contributed by atoms with Crippen LogP contribution in [0.25, 0.3) is 0 Å². The quantitative estimate of drug-likeness (QED) is 0.639. The van der Waals surface area contributed by atoms with Crippen LogP contribution in [0.15, 0.2) is 47.4 Å². The Bertz CT molecular complexity index is 1120. The zero-order chi connectivity index (χ0) is 23.6. The van der Waals surface area contributed by atoms with Crippen molar-refractivity contribution in [3.8, 4) is 17.2 Å². The number of hydrogen-bond acceptors (Lipinski definition) is 6. The summed E-state index contributed by atoms with van der Waals surface area (Å²) < 4.78 is 45.4. The summed E-state index contributed by atoms with van der Waals surface area (Å²) in [4.78, 5) is 14.7. The summed E-state index contributed by atoms with van der Waals surface area (Å²) in [6.45, 7) is 3.00. The number of sulfonamides is 1. The van der Waals surface area contributed by atoms with Crippen molar-refractivity contribution in [2.45, 2.75) is 43.2 Å². The van der Waals surface area contributed by atoms with Crippen molar-refractivity contribution in [1.29, 1.82) is 0 Å². The fourth-order valence-electron chi connectivity index (χ4n) is 4.33. The number of carbonyl (C=O) groups is 1. The third kappa shape index (κ3) is 4.79. The number of ether oxygens (including phenoxy) is 3. The third-order valence-corrected chi connectivity index (χ3v) is 8.17. The van der Waals surface area contributed by atoms with E-state index in [9.17, 15) is 13.2 Å². The standard InChI is InChI=1S/C24H30N2O6S/c1-17-8-6-7-13-26(17)33(28,29)23-14-18(11-12-22(23)30-3)24(27)25(2)15-19-16-31-20-9-4-5-10-21(20)32-19/h4-5,9-12,14,17,19H,6-8,13,15-16H2,1-3H3/t17-,19-/m1/s1. The first-order valence-electron chi connectivity index (χ1n) is 11.1. The van der Waals surface area contributed by atoms with Crippen LogP contribution in [0, 0.1) is 0 Å². The molecular formula is C24H30N2O6S. The van der Waals surface area contributed by atoms with Gasteiger partial charge in [-0.2, -0.15) is 4.31 Å². The highest BCUT2D eigenvalue weighted by Gasteiger charge is 2.34. The van der Waals surface area contributed by atoms with Gasteiger partial charge < -0.3 is 19.1 Å². The average Bonchev–Trinajstić information content (AvgIpc) is 2.83. The van der Waals surface area contributed by atoms with Crippen molar-refractivity contribution < 1.29 is 27.4 Å². The number of amides is 1. The van der Waals surface area contributed by atoms with E-state index in [2.05, 4.69) is 0 Å². The Hall–Kier alpha value is -2.78. The zero-order valence-electron chi connectivity index (χ0n) is 19.2. The normalized spacial score (nSPS) is 20.8. The molecule has 1 saturated heterocycles. The first-order valence-corrected chi connectivity index (χ1v) is 12.6. The first-order chi connectivity index (χ1) is 15.8. The average molecular weight is 475 g/mol. The monoisotopic (exact) mass is 474 g/mol. The molecule has 0 N–H and O–H groups in total. The molecular weight excluding hydrogens is 444 g/mol. The molecule has 33 heavy (non-hydrogen) atoms. The van der Waals surface area contributed by atoms with Crippen LogP contribution in [0.3, 0.4) is 0 Å². The summed E-state index contributed by atoms with van der Waals surface area (Å²) in [7, 11) is -0.709. The number of nitrogens with zero attached hydrogens (tertiary/aromatic N) is 2. The molecule has 1 amide bonds. The second-order valence-corrected chi connectivity index (χ2v) is 10.4. The fourth-order valence-corrected chi connectivity index (χ4v) is 6.21. The van der Waals surface area contributed by atoms with E-state index in [0.29, 0.717) is 31.2 Å². The summed E-state index contributed by atoms with van der Waals surface area (Å²) in [5.74, 6) is 1.25. The lowest BCUT2D eigenvalue weighted by atomic mass is 10.1. The molecule has 178 valence electrons. The predicted octanol–water partition coefficient (Wildman–Crippen LogP) is 3.17. The van der Waals surface area contributed by atoms with Gasteiger partial charge in [0.2, 0.25) is 10.0 Å². The molecule has 1 fully saturated rings. The molecule has 0 unspecified atom stereocenters. The van der Waals surface area contributed by atoms with E-state index >= 15 is 0 Å². The Kier molecular flexibility index (Phi) is 6.81. The number of fused-ring (bicyclic) bond motifs is 1. The van der Waals surface area contributed by atoms with Gasteiger partial charge in [-0.15, -0.1) is 0 Å². The highest BCUT2D eigenvalue weighted by molar-refractivity contribution is 7.89. The number of likely N-dealkylation sites (N-methyl/N-ethyl adjacent to an activating group) is 1. The summed E-state index contributed by atoms with van der Waals surface area (Å²) >= 11 is 0. The summed E-state index contributed by atoms with van der Waals surface area (Å²) in [6, 6.07) is 11.8. The van der Waals surface area contributed by atoms with E-state index in [1.54, 1.807) is 19.2 Å². The van der Waals surface area contributed by atoms with Crippen LogP contribution in [0.5, 0.6) is 17.2 Å². The van der Waals surface area contributed by atoms with Gasteiger partial charge in [-0.1, -0.05) is 18.6 Å². The van der Waals surface area contributed by atoms with Crippen molar-refractivity contribution in [2.24, 2.45) is 0 Å². The van der Waals surface area contributed by atoms with Crippen molar-refractivity contribution >= 4 is 15.9 Å². The van der Waals surface area contributed by atoms with Gasteiger partial charge in [0.1, 0.15) is 17.3 Å². The van der Waals surface area contributed by atoms with Crippen LogP contribution in [0.2, 0.25) is 0 Å². The number of benzene rings is 2. The van der Waals surface area contributed by atoms with Gasteiger partial charge in [0.05, 0.1) is 13.7 Å². The molecule has 0 spiro atoms. The minimum atomic E-state index is -3.80. The van der Waals surface area contributed by atoms with Gasteiger partial charge in [-0.25, -0.2) is 8.42 Å². The lowest BCUT2D eigenvalue weighted by Gasteiger charge is -2.32. The Morgan fingerprint density at radius 3 is 2.67 bits per heavy atom. The van der Waals surface area contributed by atoms with Gasteiger partial charge in [0.15, 0.2) is 17.6 Å². The molecule has 8 nitrogen and oxygen atoms in total. The number of hydrogen-bond donors (Lipinski definition) is 0. The second kappa shape index (κ2) is 9.61. The van der Waals surface area contributed by atoms with Crippen LogP contribution in [-0.4, -0.2) is 69.5 Å². The lowest BCUT2D eigenvalue weighted by Crippen LogP contribution is -2.42. The first kappa shape index (κ1) is 23.4. The van der Waals surface area contributed by atoms with Gasteiger partial charge in [0, 0.05) is 25.2 Å². The maximum Gasteiger partial charge on any atom is 0.253 e. The number of rotatable bonds is 6. The smallest absolute Gasteiger partial charge is 0.253 e. The van der Waals surface area contributed by atoms with Gasteiger partial charge in [-0.05, 0) is 50.1 Å². The van der Waals surface area contributed by atoms with E-state index in [4.69, 9.17) is 14.2 Å². The Morgan fingerprint density at radius 1 is 1.18 bits per heavy atom. The lowest BCUT2D eigenvalue weighted by molar-refractivity contribution is 0.0521. The number of carbonyl (C=O) groups excluding carboxylic acids is 1. The zero-order valence-corrected chi connectivity index (χ0v) is 20.0. The molecule has 2 heterocycles. The maximum absolute atomic E-state index is 13.4. The van der Waals surface area contributed by atoms with E-state index < -0.39 is 10.0 Å². The topological polar surface area (TPSA) is 85.4 Å². The molecule has 9 heteroatoms. The molecule has 0 saturated carbocycles. The SMILES string of the molecule is COc1ccc(C(=O)N(C)C[C@@H]2COc3ccccc3O2)cc1S(=O)(=O)N1CCCC[C@H]1C. The largest absolute Gasteiger partial charge is 0.495 e. The Balaban J connectivity index is 1.53. The Morgan fingerprint density at radius 2 is 1.94 bits per heavy atom. The number of methoxy groups -OCH3 is 1. The van der Waals surface area contributed by atoms with Crippen LogP contribution in [-0.2, 0) is 10.0 Å². The summed E-state index contributed by atoms with van der Waals surface area (Å²) in [5.41, 5.74) is 0.277. The van der Waals surface area contributed by atoms with Crippen LogP contribution in [0.4, 0.5) is 0 Å². The molecule has 0 bridgehead atoms. The van der Waals surface area contributed by atoms with Crippen molar-refractivity contribution in [1.82, 2.24) is 9.21 Å². The number of piperidine rings is 1. The predicted molar refractivity (Wildman–Crippen MR) is 124 cm³/mol. The van der Waals surface area contributed by atoms with Crippen LogP contribution >= 0.6 is 0 Å². The molecule has 2 aliphatic heterocycles. The summed E-state index contributed by atoms with van der Waals surface area (Å²) in [6.07, 6.45) is 2.31. The highest BCUT2D eigenvalue weighted by Crippen LogP contribution is 2.33. The van der Waals surface area contributed by atoms with E-state index in [1.165, 1.54) is 22.4 Å². The molecule has 2 atom stereocenters. The third-order valence-electron chi connectivity index (χ3n) is 6.13. The molecule has 2 aromatic rings. The molecule has 2 aliphatic rings. The molecule has 0 radical (unpaired) electrons. The van der Waals surface area contributed by atoms with Gasteiger partial charge in [-0.3, -0.25) is 4.79 Å². The van der Waals surface area contributed by atoms with Crippen LogP contribution in [0.1, 0.15) is 36.5 Å². The van der Waals surface area contributed by atoms with Crippen LogP contribution < -0.4 is 14.2 Å². The van der Waals surface area contributed by atoms with Gasteiger partial charge >= 0.3 is 0 Å². The van der Waals surface area contributed by atoms with Crippen molar-refractivity contribution in [3.05, 3.63) is 48.0 Å². The fraction of sp³-hybridized carbons (Fsp3) is 0.458. The maximum atomic E-state index is 13.4. The van der Waals surface area contributed by atoms with E-state index in [0.717, 1.165) is 19.3 Å². The molecule has 0 aliphatic carbocycles. The minimum absolute atomic E-state index is 0.0178. The second-order valence-electron chi connectivity index (χ2n) is 8.51. The van der Waals surface area contributed by atoms with E-state index in [-0.39, 0.29) is 34.3 Å². The van der Waals surface area contributed by atoms with Crippen molar-refractivity contribution in [2.75, 3.05) is 33.9 Å². The highest BCUT2D eigenvalue weighted by atomic mass is 32.2. The van der Waals surface area contributed by atoms with E-state index in [1.807, 2.05) is 31.2 Å².